The van der Waals surface area contributed by atoms with E-state index in [4.69, 9.17) is 0 Å². The number of hydrogen-bond donors (Lipinski definition) is 0. The summed E-state index contributed by atoms with van der Waals surface area (Å²) in [6.07, 6.45) is 57.0. The van der Waals surface area contributed by atoms with Gasteiger partial charge in [0.05, 0.1) is 0 Å². The molecule has 4 heteroatoms. The van der Waals surface area contributed by atoms with E-state index >= 15 is 0 Å². The van der Waals surface area contributed by atoms with Gasteiger partial charge in [0, 0.05) is 30.6 Å². The van der Waals surface area contributed by atoms with E-state index in [9.17, 15) is 0 Å². The molecule has 0 aromatic carbocycles. The van der Waals surface area contributed by atoms with Crippen molar-refractivity contribution < 1.29 is 0 Å². The molecule has 3 atom stereocenters. The highest BCUT2D eigenvalue weighted by atomic mass is 33.1. The van der Waals surface area contributed by atoms with Gasteiger partial charge in [-0.1, -0.05) is 267 Å². The third-order valence-corrected chi connectivity index (χ3v) is 15.8. The molecule has 3 unspecified atom stereocenters. The minimum Gasteiger partial charge on any atom is -0.306 e. The van der Waals surface area contributed by atoms with Gasteiger partial charge in [-0.2, -0.15) is 0 Å². The fourth-order valence-electron chi connectivity index (χ4n) is 9.16. The second-order valence-electron chi connectivity index (χ2n) is 19.0. The molecule has 2 nitrogen and oxygen atoms in total. The highest BCUT2D eigenvalue weighted by Gasteiger charge is 2.35. The Hall–Kier alpha value is 0.620. The maximum absolute atomic E-state index is 2.76. The predicted octanol–water partition coefficient (Wildman–Crippen LogP) is 18.1. The van der Waals surface area contributed by atoms with E-state index in [0.29, 0.717) is 0 Å². The van der Waals surface area contributed by atoms with Crippen LogP contribution in [0.5, 0.6) is 0 Å². The summed E-state index contributed by atoms with van der Waals surface area (Å²) in [6.45, 7) is 10.8. The van der Waals surface area contributed by atoms with Gasteiger partial charge >= 0.3 is 0 Å². The van der Waals surface area contributed by atoms with Crippen LogP contribution in [0.1, 0.15) is 271 Å². The number of nitrogens with zero attached hydrogens (tertiary/aromatic N) is 2. The van der Waals surface area contributed by atoms with Gasteiger partial charge in [-0.3, -0.25) is 0 Å². The molecule has 0 aromatic heterocycles. The number of hydrogen-bond acceptors (Lipinski definition) is 4. The van der Waals surface area contributed by atoms with Gasteiger partial charge in [0.15, 0.2) is 0 Å². The summed E-state index contributed by atoms with van der Waals surface area (Å²) < 4.78 is 0. The Balaban J connectivity index is 2.05. The van der Waals surface area contributed by atoms with Crippen LogP contribution < -0.4 is 0 Å². The molecule has 0 aromatic rings. The SMILES string of the molecule is CCCCCCCCCCCCCCCCCCN(C)CCSSCCN(C)C(CCCCCCCCC)CCCCCCCC1CC1CCCCCCCC. The maximum atomic E-state index is 2.76. The van der Waals surface area contributed by atoms with Crippen molar-refractivity contribution in [2.24, 2.45) is 11.8 Å². The molecule has 0 heterocycles. The van der Waals surface area contributed by atoms with Crippen molar-refractivity contribution in [1.82, 2.24) is 9.80 Å². The third kappa shape index (κ3) is 37.6. The Labute approximate surface area is 364 Å². The molecule has 0 radical (unpaired) electrons. The van der Waals surface area contributed by atoms with Crippen LogP contribution in [-0.4, -0.2) is 61.1 Å². The second-order valence-corrected chi connectivity index (χ2v) is 21.7. The summed E-state index contributed by atoms with van der Waals surface area (Å²) >= 11 is 0. The zero-order chi connectivity index (χ0) is 40.4. The summed E-state index contributed by atoms with van der Waals surface area (Å²) in [5.41, 5.74) is 0. The van der Waals surface area contributed by atoms with Crippen LogP contribution in [0.25, 0.3) is 0 Å². The Morgan fingerprint density at radius 3 is 1.09 bits per heavy atom. The molecule has 0 aliphatic heterocycles. The lowest BCUT2D eigenvalue weighted by Gasteiger charge is -2.28. The molecule has 0 N–H and O–H groups in total. The van der Waals surface area contributed by atoms with Crippen LogP contribution >= 0.6 is 21.6 Å². The molecule has 1 aliphatic rings. The van der Waals surface area contributed by atoms with Crippen molar-refractivity contribution in [1.29, 1.82) is 0 Å². The van der Waals surface area contributed by atoms with Crippen molar-refractivity contribution in [3.05, 3.63) is 0 Å². The van der Waals surface area contributed by atoms with E-state index < -0.39 is 0 Å². The standard InChI is InChI=1S/C52H106N2S2/c1-6-9-12-15-18-19-20-21-22-23-24-25-26-28-34-39-44-53(4)45-47-55-56-48-46-54(5)52(42-37-32-27-16-13-10-7-2)43-38-33-29-31-36-41-51-49-50(51)40-35-30-17-14-11-8-3/h50-52H,6-49H2,1-5H3. The first-order valence-corrected chi connectivity index (χ1v) is 28.7. The third-order valence-electron chi connectivity index (χ3n) is 13.4. The Bertz CT molecular complexity index is 748. The first kappa shape index (κ1) is 54.6. The van der Waals surface area contributed by atoms with Crippen molar-refractivity contribution in [3.63, 3.8) is 0 Å². The van der Waals surface area contributed by atoms with Crippen molar-refractivity contribution in [3.8, 4) is 0 Å². The smallest absolute Gasteiger partial charge is 0.0165 e. The van der Waals surface area contributed by atoms with Crippen LogP contribution in [0.3, 0.4) is 0 Å². The highest BCUT2D eigenvalue weighted by Crippen LogP contribution is 2.45. The molecule has 1 fully saturated rings. The largest absolute Gasteiger partial charge is 0.306 e. The molecule has 0 amide bonds. The summed E-state index contributed by atoms with van der Waals surface area (Å²) in [5.74, 6) is 4.76. The molecule has 0 spiro atoms. The van der Waals surface area contributed by atoms with Crippen molar-refractivity contribution in [2.75, 3.05) is 45.2 Å². The number of unbranched alkanes of at least 4 members (excludes halogenated alkanes) is 30. The molecule has 56 heavy (non-hydrogen) atoms. The quantitative estimate of drug-likeness (QED) is 0.0445. The lowest BCUT2D eigenvalue weighted by atomic mass is 9.98. The topological polar surface area (TPSA) is 6.48 Å². The monoisotopic (exact) mass is 823 g/mol. The van der Waals surface area contributed by atoms with Crippen LogP contribution in [-0.2, 0) is 0 Å². The van der Waals surface area contributed by atoms with E-state index in [-0.39, 0.29) is 0 Å². The molecule has 1 aliphatic carbocycles. The Kier molecular flexibility index (Phi) is 42.6. The minimum atomic E-state index is 0.802. The van der Waals surface area contributed by atoms with Gasteiger partial charge in [0.1, 0.15) is 0 Å². The first-order chi connectivity index (χ1) is 27.6. The summed E-state index contributed by atoms with van der Waals surface area (Å²) in [6, 6.07) is 0.802. The van der Waals surface area contributed by atoms with Crippen LogP contribution in [0.2, 0.25) is 0 Å². The normalized spacial score (nSPS) is 16.1. The minimum absolute atomic E-state index is 0.802. The lowest BCUT2D eigenvalue weighted by Crippen LogP contribution is -2.33. The Morgan fingerprint density at radius 1 is 0.375 bits per heavy atom. The number of rotatable bonds is 48. The molecule has 0 bridgehead atoms. The average molecular weight is 824 g/mol. The van der Waals surface area contributed by atoms with Gasteiger partial charge in [-0.15, -0.1) is 0 Å². The van der Waals surface area contributed by atoms with Gasteiger partial charge < -0.3 is 9.80 Å². The molecule has 336 valence electrons. The molecule has 1 saturated carbocycles. The van der Waals surface area contributed by atoms with Crippen molar-refractivity contribution in [2.45, 2.75) is 277 Å². The predicted molar refractivity (Wildman–Crippen MR) is 263 cm³/mol. The van der Waals surface area contributed by atoms with E-state index in [1.165, 1.54) is 269 Å². The van der Waals surface area contributed by atoms with E-state index in [1.807, 2.05) is 0 Å². The van der Waals surface area contributed by atoms with Crippen molar-refractivity contribution >= 4 is 21.6 Å². The zero-order valence-electron chi connectivity index (χ0n) is 39.6. The maximum Gasteiger partial charge on any atom is 0.0165 e. The molecular formula is C52H106N2S2. The van der Waals surface area contributed by atoms with E-state index in [0.717, 1.165) is 17.9 Å². The fourth-order valence-corrected chi connectivity index (χ4v) is 11.3. The van der Waals surface area contributed by atoms with Gasteiger partial charge in [-0.25, -0.2) is 0 Å². The van der Waals surface area contributed by atoms with Gasteiger partial charge in [0.25, 0.3) is 0 Å². The van der Waals surface area contributed by atoms with Crippen LogP contribution in [0.15, 0.2) is 0 Å². The molecular weight excluding hydrogens is 717 g/mol. The first-order valence-electron chi connectivity index (χ1n) is 26.2. The van der Waals surface area contributed by atoms with Gasteiger partial charge in [0.2, 0.25) is 0 Å². The summed E-state index contributed by atoms with van der Waals surface area (Å²) in [5, 5.41) is 0. The zero-order valence-corrected chi connectivity index (χ0v) is 41.2. The van der Waals surface area contributed by atoms with E-state index in [1.54, 1.807) is 12.8 Å². The van der Waals surface area contributed by atoms with Crippen LogP contribution in [0, 0.1) is 11.8 Å². The highest BCUT2D eigenvalue weighted by molar-refractivity contribution is 8.76. The van der Waals surface area contributed by atoms with E-state index in [2.05, 4.69) is 66.3 Å². The van der Waals surface area contributed by atoms with Crippen LogP contribution in [0.4, 0.5) is 0 Å². The molecule has 0 saturated heterocycles. The lowest BCUT2D eigenvalue weighted by molar-refractivity contribution is 0.221. The average Bonchev–Trinajstić information content (AvgIpc) is 3.96. The second kappa shape index (κ2) is 43.7. The van der Waals surface area contributed by atoms with Gasteiger partial charge in [-0.05, 0) is 58.2 Å². The summed E-state index contributed by atoms with van der Waals surface area (Å²) in [7, 11) is 9.04. The Morgan fingerprint density at radius 2 is 0.696 bits per heavy atom. The summed E-state index contributed by atoms with van der Waals surface area (Å²) in [4.78, 5) is 5.34. The fraction of sp³-hybridized carbons (Fsp3) is 1.00. The molecule has 1 rings (SSSR count).